The summed E-state index contributed by atoms with van der Waals surface area (Å²) in [6, 6.07) is 16.2. The molecule has 2 aromatic rings. The lowest BCUT2D eigenvalue weighted by atomic mass is 9.83. The van der Waals surface area contributed by atoms with E-state index in [4.69, 9.17) is 0 Å². The predicted octanol–water partition coefficient (Wildman–Crippen LogP) is 3.67. The molecule has 0 saturated heterocycles. The van der Waals surface area contributed by atoms with Crippen LogP contribution in [0.3, 0.4) is 0 Å². The van der Waals surface area contributed by atoms with Crippen molar-refractivity contribution in [3.63, 3.8) is 0 Å². The molecule has 0 heterocycles. The third-order valence-electron chi connectivity index (χ3n) is 3.91. The van der Waals surface area contributed by atoms with Gasteiger partial charge in [-0.05, 0) is 42.0 Å². The minimum atomic E-state index is -0.820. The van der Waals surface area contributed by atoms with Gasteiger partial charge < -0.3 is 5.11 Å². The maximum atomic E-state index is 13.0. The van der Waals surface area contributed by atoms with E-state index < -0.39 is 5.60 Å². The Bertz CT molecular complexity index is 545. The Morgan fingerprint density at radius 3 is 2.21 bits per heavy atom. The van der Waals surface area contributed by atoms with E-state index in [0.29, 0.717) is 12.3 Å². The van der Waals surface area contributed by atoms with Crippen molar-refractivity contribution in [2.45, 2.75) is 24.9 Å². The second-order valence-electron chi connectivity index (χ2n) is 5.37. The molecule has 0 unspecified atom stereocenters. The molecular formula is C17H17FO. The molecule has 98 valence electrons. The molecule has 1 N–H and O–H groups in total. The summed E-state index contributed by atoms with van der Waals surface area (Å²) >= 11 is 0. The molecule has 0 aromatic heterocycles. The van der Waals surface area contributed by atoms with E-state index in [9.17, 15) is 9.50 Å². The fraction of sp³-hybridized carbons (Fsp3) is 0.294. The number of hydrogen-bond donors (Lipinski definition) is 1. The molecule has 1 fully saturated rings. The normalized spacial score (nSPS) is 18.0. The maximum Gasteiger partial charge on any atom is 0.123 e. The van der Waals surface area contributed by atoms with Gasteiger partial charge in [-0.3, -0.25) is 0 Å². The lowest BCUT2D eigenvalue weighted by Gasteiger charge is -2.29. The topological polar surface area (TPSA) is 20.2 Å². The van der Waals surface area contributed by atoms with Crippen LogP contribution in [0.5, 0.6) is 0 Å². The van der Waals surface area contributed by atoms with Crippen molar-refractivity contribution in [3.8, 4) is 0 Å². The Morgan fingerprint density at radius 1 is 1.00 bits per heavy atom. The third-order valence-corrected chi connectivity index (χ3v) is 3.91. The summed E-state index contributed by atoms with van der Waals surface area (Å²) in [7, 11) is 0. The molecule has 1 atom stereocenters. The molecule has 1 aliphatic carbocycles. The largest absolute Gasteiger partial charge is 0.385 e. The third kappa shape index (κ3) is 2.54. The zero-order valence-electron chi connectivity index (χ0n) is 10.7. The van der Waals surface area contributed by atoms with Gasteiger partial charge in [-0.25, -0.2) is 4.39 Å². The van der Waals surface area contributed by atoms with Crippen LogP contribution in [0.2, 0.25) is 0 Å². The number of benzene rings is 2. The summed E-state index contributed by atoms with van der Waals surface area (Å²) in [6.07, 6.45) is 2.67. The molecule has 1 nitrogen and oxygen atoms in total. The van der Waals surface area contributed by atoms with Gasteiger partial charge in [0.25, 0.3) is 0 Å². The maximum absolute atomic E-state index is 13.0. The monoisotopic (exact) mass is 256 g/mol. The summed E-state index contributed by atoms with van der Waals surface area (Å²) in [5.74, 6) is 0.0818. The summed E-state index contributed by atoms with van der Waals surface area (Å²) in [5, 5.41) is 11.1. The average molecular weight is 256 g/mol. The van der Waals surface area contributed by atoms with E-state index in [1.165, 1.54) is 12.1 Å². The van der Waals surface area contributed by atoms with E-state index in [2.05, 4.69) is 0 Å². The first-order valence-electron chi connectivity index (χ1n) is 6.71. The lowest BCUT2D eigenvalue weighted by Crippen LogP contribution is -2.31. The van der Waals surface area contributed by atoms with Crippen LogP contribution in [0.4, 0.5) is 4.39 Å². The first-order valence-corrected chi connectivity index (χ1v) is 6.71. The summed E-state index contributed by atoms with van der Waals surface area (Å²) in [4.78, 5) is 0. The lowest BCUT2D eigenvalue weighted by molar-refractivity contribution is 0.0131. The predicted molar refractivity (Wildman–Crippen MR) is 73.2 cm³/mol. The minimum absolute atomic E-state index is 0.238. The Hall–Kier alpha value is -1.67. The van der Waals surface area contributed by atoms with Crippen molar-refractivity contribution < 1.29 is 9.50 Å². The van der Waals surface area contributed by atoms with Gasteiger partial charge in [0.1, 0.15) is 5.82 Å². The zero-order chi connectivity index (χ0) is 13.3. The highest BCUT2D eigenvalue weighted by Crippen LogP contribution is 2.47. The van der Waals surface area contributed by atoms with Crippen LogP contribution in [-0.4, -0.2) is 5.11 Å². The zero-order valence-corrected chi connectivity index (χ0v) is 10.7. The smallest absolute Gasteiger partial charge is 0.123 e. The number of rotatable bonds is 4. The number of halogens is 1. The van der Waals surface area contributed by atoms with Gasteiger partial charge in [-0.15, -0.1) is 0 Å². The Balaban J connectivity index is 1.91. The minimum Gasteiger partial charge on any atom is -0.385 e. The molecule has 0 amide bonds. The Morgan fingerprint density at radius 2 is 1.63 bits per heavy atom. The first-order chi connectivity index (χ1) is 9.18. The van der Waals surface area contributed by atoms with Gasteiger partial charge in [0.2, 0.25) is 0 Å². The van der Waals surface area contributed by atoms with Crippen LogP contribution in [0.25, 0.3) is 0 Å². The molecule has 2 heteroatoms. The van der Waals surface area contributed by atoms with E-state index >= 15 is 0 Å². The molecule has 1 saturated carbocycles. The fourth-order valence-corrected chi connectivity index (χ4v) is 2.68. The Labute approximate surface area is 112 Å². The van der Waals surface area contributed by atoms with Crippen LogP contribution in [-0.2, 0) is 12.0 Å². The highest BCUT2D eigenvalue weighted by Gasteiger charge is 2.44. The fourth-order valence-electron chi connectivity index (χ4n) is 2.68. The molecule has 3 rings (SSSR count). The second kappa shape index (κ2) is 4.78. The van der Waals surface area contributed by atoms with Crippen molar-refractivity contribution in [1.82, 2.24) is 0 Å². The van der Waals surface area contributed by atoms with Crippen molar-refractivity contribution in [2.24, 2.45) is 5.92 Å². The number of hydrogen-bond acceptors (Lipinski definition) is 1. The van der Waals surface area contributed by atoms with Crippen LogP contribution < -0.4 is 0 Å². The first kappa shape index (κ1) is 12.4. The quantitative estimate of drug-likeness (QED) is 0.885. The van der Waals surface area contributed by atoms with Crippen molar-refractivity contribution in [3.05, 3.63) is 71.5 Å². The molecule has 0 bridgehead atoms. The summed E-state index contributed by atoms with van der Waals surface area (Å²) in [5.41, 5.74) is 1.11. The van der Waals surface area contributed by atoms with Gasteiger partial charge in [0.05, 0.1) is 5.60 Å². The summed E-state index contributed by atoms with van der Waals surface area (Å²) in [6.45, 7) is 0. The molecule has 0 aliphatic heterocycles. The highest BCUT2D eigenvalue weighted by molar-refractivity contribution is 5.29. The average Bonchev–Trinajstić information content (AvgIpc) is 3.27. The molecule has 19 heavy (non-hydrogen) atoms. The van der Waals surface area contributed by atoms with Crippen molar-refractivity contribution in [1.29, 1.82) is 0 Å². The van der Waals surface area contributed by atoms with Crippen LogP contribution in [0, 0.1) is 11.7 Å². The van der Waals surface area contributed by atoms with Crippen molar-refractivity contribution in [2.75, 3.05) is 0 Å². The highest BCUT2D eigenvalue weighted by atomic mass is 19.1. The SMILES string of the molecule is O[C@](Cc1ccc(F)cc1)(c1ccccc1)C1CC1. The van der Waals surface area contributed by atoms with Crippen LogP contribution in [0.1, 0.15) is 24.0 Å². The van der Waals surface area contributed by atoms with E-state index in [0.717, 1.165) is 24.0 Å². The van der Waals surface area contributed by atoms with Gasteiger partial charge >= 0.3 is 0 Å². The van der Waals surface area contributed by atoms with Gasteiger partial charge in [0, 0.05) is 6.42 Å². The standard InChI is InChI=1S/C17H17FO/c18-16-10-6-13(7-11-16)12-17(19,15-8-9-15)14-4-2-1-3-5-14/h1-7,10-11,15,19H,8-9,12H2/t17-/m1/s1. The Kier molecular flexibility index (Phi) is 3.11. The molecule has 0 radical (unpaired) electrons. The van der Waals surface area contributed by atoms with E-state index in [1.54, 1.807) is 12.1 Å². The van der Waals surface area contributed by atoms with Gasteiger partial charge in [0.15, 0.2) is 0 Å². The number of aliphatic hydroxyl groups is 1. The van der Waals surface area contributed by atoms with E-state index in [-0.39, 0.29) is 5.82 Å². The molecule has 1 aliphatic rings. The molecule has 2 aromatic carbocycles. The van der Waals surface area contributed by atoms with Gasteiger partial charge in [-0.2, -0.15) is 0 Å². The van der Waals surface area contributed by atoms with Gasteiger partial charge in [-0.1, -0.05) is 42.5 Å². The molecular weight excluding hydrogens is 239 g/mol. The van der Waals surface area contributed by atoms with Crippen LogP contribution in [0.15, 0.2) is 54.6 Å². The summed E-state index contributed by atoms with van der Waals surface area (Å²) < 4.78 is 13.0. The van der Waals surface area contributed by atoms with Crippen LogP contribution >= 0.6 is 0 Å². The van der Waals surface area contributed by atoms with E-state index in [1.807, 2.05) is 30.3 Å². The molecule has 0 spiro atoms. The second-order valence-corrected chi connectivity index (χ2v) is 5.37. The van der Waals surface area contributed by atoms with Crippen molar-refractivity contribution >= 4 is 0 Å².